The SMILES string of the molecule is CC(C)c1cccc(C(C)C)c1N1C=CN(c2c(C(C)C)cccc2C(C)C)[CH-]1.COc1ccc2ccccc2c1-c1c(P)ccc2ccccc12.[Cu+]. The van der Waals surface area contributed by atoms with Gasteiger partial charge in [-0.15, -0.1) is 15.9 Å². The maximum Gasteiger partial charge on any atom is 1.00 e. The van der Waals surface area contributed by atoms with Crippen LogP contribution in [0.3, 0.4) is 0 Å². The van der Waals surface area contributed by atoms with Crippen LogP contribution in [0.4, 0.5) is 11.4 Å². The molecule has 0 N–H and O–H groups in total. The minimum atomic E-state index is 0. The standard InChI is InChI=1S/C27H37N2.C21H17OP.Cu/c1-18(2)22-11-9-12-23(19(3)4)26(22)28-15-16-29(17-28)27-24(20(5)6)13-10-14-25(27)21(7)8;1-22-18-12-10-14-6-2-4-8-16(14)20(18)21-17-9-5-3-7-15(17)11-13-19(21)23;/h9-21H,1-8H3;2-13H,23H2,1H3;/q-1;;+1. The second-order valence-corrected chi connectivity index (χ2v) is 15.7. The van der Waals surface area contributed by atoms with Crippen molar-refractivity contribution in [3.8, 4) is 16.9 Å². The zero-order chi connectivity index (χ0) is 37.1. The van der Waals surface area contributed by atoms with E-state index in [0.29, 0.717) is 23.7 Å². The van der Waals surface area contributed by atoms with Gasteiger partial charge in [0.15, 0.2) is 0 Å². The number of fused-ring (bicyclic) bond motifs is 2. The van der Waals surface area contributed by atoms with E-state index in [-0.39, 0.29) is 17.1 Å². The van der Waals surface area contributed by atoms with Gasteiger partial charge in [-0.05, 0) is 91.2 Å². The number of benzene rings is 6. The summed E-state index contributed by atoms with van der Waals surface area (Å²) in [6.45, 7) is 20.5. The number of methoxy groups -OCH3 is 1. The van der Waals surface area contributed by atoms with Crippen LogP contribution < -0.4 is 19.8 Å². The molecule has 0 bridgehead atoms. The molecule has 1 aliphatic rings. The van der Waals surface area contributed by atoms with Crippen LogP contribution in [0.5, 0.6) is 5.75 Å². The van der Waals surface area contributed by atoms with Crippen LogP contribution in [-0.4, -0.2) is 7.11 Å². The Morgan fingerprint density at radius 2 is 0.887 bits per heavy atom. The zero-order valence-corrected chi connectivity index (χ0v) is 34.7. The van der Waals surface area contributed by atoms with Gasteiger partial charge >= 0.3 is 17.1 Å². The van der Waals surface area contributed by atoms with Gasteiger partial charge < -0.3 is 14.5 Å². The monoisotopic (exact) mass is 768 g/mol. The van der Waals surface area contributed by atoms with Crippen LogP contribution in [0.1, 0.15) is 101 Å². The molecule has 3 nitrogen and oxygen atoms in total. The zero-order valence-electron chi connectivity index (χ0n) is 32.6. The molecule has 1 atom stereocenters. The first-order valence-corrected chi connectivity index (χ1v) is 19.3. The predicted octanol–water partition coefficient (Wildman–Crippen LogP) is 13.3. The Bertz CT molecular complexity index is 2100. The predicted molar refractivity (Wildman–Crippen MR) is 230 cm³/mol. The van der Waals surface area contributed by atoms with E-state index in [4.69, 9.17) is 4.74 Å². The summed E-state index contributed by atoms with van der Waals surface area (Å²) in [7, 11) is 4.61. The molecule has 5 heteroatoms. The van der Waals surface area contributed by atoms with E-state index in [1.165, 1.54) is 66.0 Å². The Kier molecular flexibility index (Phi) is 13.2. The number of nitrogens with zero attached hydrogens (tertiary/aromatic N) is 2. The Labute approximate surface area is 331 Å². The van der Waals surface area contributed by atoms with Crippen molar-refractivity contribution < 1.29 is 21.8 Å². The van der Waals surface area contributed by atoms with Gasteiger partial charge in [0.1, 0.15) is 5.75 Å². The van der Waals surface area contributed by atoms with Gasteiger partial charge in [-0.3, -0.25) is 0 Å². The second kappa shape index (κ2) is 17.4. The van der Waals surface area contributed by atoms with Crippen LogP contribution in [0.15, 0.2) is 122 Å². The van der Waals surface area contributed by atoms with Crippen LogP contribution in [0, 0.1) is 6.67 Å². The summed E-state index contributed by atoms with van der Waals surface area (Å²) < 4.78 is 5.70. The van der Waals surface area contributed by atoms with Gasteiger partial charge in [0.25, 0.3) is 0 Å². The van der Waals surface area contributed by atoms with Crippen molar-refractivity contribution in [1.82, 2.24) is 0 Å². The minimum absolute atomic E-state index is 0. The number of para-hydroxylation sites is 2. The van der Waals surface area contributed by atoms with E-state index >= 15 is 0 Å². The van der Waals surface area contributed by atoms with Crippen LogP contribution in [0.2, 0.25) is 0 Å². The summed E-state index contributed by atoms with van der Waals surface area (Å²) in [5, 5.41) is 6.10. The quantitative estimate of drug-likeness (QED) is 0.0871. The summed E-state index contributed by atoms with van der Waals surface area (Å²) in [5.41, 5.74) is 10.7. The van der Waals surface area contributed by atoms with Gasteiger partial charge in [-0.1, -0.05) is 159 Å². The third-order valence-electron chi connectivity index (χ3n) is 10.2. The average molecular weight is 769 g/mol. The van der Waals surface area contributed by atoms with E-state index in [2.05, 4.69) is 203 Å². The van der Waals surface area contributed by atoms with Crippen LogP contribution in [-0.2, 0) is 17.1 Å². The van der Waals surface area contributed by atoms with Crippen molar-refractivity contribution in [1.29, 1.82) is 0 Å². The first kappa shape index (κ1) is 40.1. The number of ether oxygens (including phenoxy) is 1. The molecule has 1 heterocycles. The molecule has 7 rings (SSSR count). The third-order valence-corrected chi connectivity index (χ3v) is 10.6. The van der Waals surface area contributed by atoms with Gasteiger partial charge in [0.2, 0.25) is 0 Å². The molecule has 53 heavy (non-hydrogen) atoms. The fraction of sp³-hybridized carbons (Fsp3) is 0.271. The molecule has 0 saturated heterocycles. The smallest absolute Gasteiger partial charge is 0.496 e. The first-order valence-electron chi connectivity index (χ1n) is 18.7. The molecule has 0 radical (unpaired) electrons. The van der Waals surface area contributed by atoms with Crippen molar-refractivity contribution in [2.75, 3.05) is 16.9 Å². The molecular weight excluding hydrogens is 715 g/mol. The van der Waals surface area contributed by atoms with Gasteiger partial charge in [-0.25, -0.2) is 0 Å². The fourth-order valence-electron chi connectivity index (χ4n) is 7.49. The second-order valence-electron chi connectivity index (χ2n) is 15.0. The van der Waals surface area contributed by atoms with Crippen LogP contribution >= 0.6 is 9.24 Å². The Morgan fingerprint density at radius 1 is 0.491 bits per heavy atom. The maximum atomic E-state index is 5.70. The molecular formula is C48H54CuN2OP. The van der Waals surface area contributed by atoms with Crippen molar-refractivity contribution in [2.24, 2.45) is 0 Å². The van der Waals surface area contributed by atoms with Gasteiger partial charge in [0, 0.05) is 22.5 Å². The molecule has 278 valence electrons. The molecule has 6 aromatic carbocycles. The molecule has 0 saturated carbocycles. The summed E-state index contributed by atoms with van der Waals surface area (Å²) in [4.78, 5) is 4.65. The maximum absolute atomic E-state index is 5.70. The molecule has 0 aliphatic carbocycles. The summed E-state index contributed by atoms with van der Waals surface area (Å²) >= 11 is 0. The largest absolute Gasteiger partial charge is 1.00 e. The fourth-order valence-corrected chi connectivity index (χ4v) is 7.88. The summed E-state index contributed by atoms with van der Waals surface area (Å²) in [6.07, 6.45) is 4.43. The topological polar surface area (TPSA) is 15.7 Å². The summed E-state index contributed by atoms with van der Waals surface area (Å²) in [5.74, 6) is 2.83. The van der Waals surface area contributed by atoms with Crippen molar-refractivity contribution in [3.05, 3.63) is 151 Å². The normalized spacial score (nSPS) is 12.6. The van der Waals surface area contributed by atoms with Gasteiger partial charge in [-0.2, -0.15) is 0 Å². The number of rotatable bonds is 8. The average Bonchev–Trinajstić information content (AvgIpc) is 3.64. The molecule has 0 spiro atoms. The van der Waals surface area contributed by atoms with Crippen molar-refractivity contribution in [2.45, 2.75) is 79.1 Å². The molecule has 0 amide bonds. The number of anilines is 2. The number of hydrogen-bond acceptors (Lipinski definition) is 3. The third kappa shape index (κ3) is 8.22. The minimum Gasteiger partial charge on any atom is -0.496 e. The van der Waals surface area contributed by atoms with E-state index < -0.39 is 0 Å². The van der Waals surface area contributed by atoms with E-state index in [1.54, 1.807) is 7.11 Å². The Balaban J connectivity index is 0.000000205. The van der Waals surface area contributed by atoms with E-state index in [9.17, 15) is 0 Å². The summed E-state index contributed by atoms with van der Waals surface area (Å²) in [6, 6.07) is 39.0. The number of hydrogen-bond donors (Lipinski definition) is 0. The first-order chi connectivity index (χ1) is 25.0. The molecule has 1 unspecified atom stereocenters. The van der Waals surface area contributed by atoms with E-state index in [1.807, 2.05) is 0 Å². The van der Waals surface area contributed by atoms with Crippen molar-refractivity contribution in [3.63, 3.8) is 0 Å². The van der Waals surface area contributed by atoms with Crippen molar-refractivity contribution >= 4 is 47.5 Å². The molecule has 0 fully saturated rings. The Hall–Kier alpha value is -4.07. The molecule has 6 aromatic rings. The molecule has 0 aromatic heterocycles. The van der Waals surface area contributed by atoms with E-state index in [0.717, 1.165) is 11.3 Å². The Morgan fingerprint density at radius 3 is 1.30 bits per heavy atom. The molecule has 1 aliphatic heterocycles. The van der Waals surface area contributed by atoms with Gasteiger partial charge in [0.05, 0.1) is 7.11 Å². The van der Waals surface area contributed by atoms with Crippen LogP contribution in [0.25, 0.3) is 32.7 Å².